The van der Waals surface area contributed by atoms with Crippen LogP contribution in [0.25, 0.3) is 0 Å². The first-order valence-corrected chi connectivity index (χ1v) is 5.48. The topological polar surface area (TPSA) is 54.4 Å². The molecule has 1 N–H and O–H groups in total. The molecule has 0 spiro atoms. The molecule has 0 saturated heterocycles. The first-order chi connectivity index (χ1) is 8.70. The second-order valence-electron chi connectivity index (χ2n) is 3.45. The van der Waals surface area contributed by atoms with Gasteiger partial charge in [-0.25, -0.2) is 0 Å². The molecule has 0 amide bonds. The molecule has 0 heterocycles. The van der Waals surface area contributed by atoms with Crippen molar-refractivity contribution in [2.45, 2.75) is 6.92 Å². The fraction of sp³-hybridized carbons (Fsp3) is 0.0667. The number of para-hydroxylation sites is 1. The molecule has 0 atom stereocenters. The predicted octanol–water partition coefficient (Wildman–Crippen LogP) is 2.83. The molecule has 0 aliphatic carbocycles. The Morgan fingerprint density at radius 2 is 1.50 bits per heavy atom. The molecule has 0 aliphatic rings. The molecule has 92 valence electrons. The van der Waals surface area contributed by atoms with E-state index in [1.54, 1.807) is 42.5 Å². The summed E-state index contributed by atoms with van der Waals surface area (Å²) in [5.41, 5.74) is 0.919. The normalized spacial score (nSPS) is 8.94. The maximum atomic E-state index is 11.9. The molecule has 0 radical (unpaired) electrons. The number of aromatic hydroxyl groups is 1. The van der Waals surface area contributed by atoms with Gasteiger partial charge in [0.05, 0.1) is 5.56 Å². The fourth-order valence-electron chi connectivity index (χ4n) is 1.41. The number of aldehydes is 1. The van der Waals surface area contributed by atoms with E-state index in [0.717, 1.165) is 6.29 Å². The van der Waals surface area contributed by atoms with Crippen molar-refractivity contribution in [2.24, 2.45) is 0 Å². The van der Waals surface area contributed by atoms with E-state index in [9.17, 15) is 9.90 Å². The third-order valence-electron chi connectivity index (χ3n) is 2.18. The van der Waals surface area contributed by atoms with E-state index in [2.05, 4.69) is 0 Å². The van der Waals surface area contributed by atoms with Crippen molar-refractivity contribution in [3.8, 4) is 5.75 Å². The highest BCUT2D eigenvalue weighted by Crippen LogP contribution is 2.19. The van der Waals surface area contributed by atoms with Crippen LogP contribution in [0.4, 0.5) is 0 Å². The average Bonchev–Trinajstić information content (AvgIpc) is 2.40. The highest BCUT2D eigenvalue weighted by molar-refractivity contribution is 6.10. The van der Waals surface area contributed by atoms with E-state index in [0.29, 0.717) is 11.1 Å². The van der Waals surface area contributed by atoms with Crippen LogP contribution in [0.3, 0.4) is 0 Å². The highest BCUT2D eigenvalue weighted by Gasteiger charge is 2.11. The summed E-state index contributed by atoms with van der Waals surface area (Å²) in [6.07, 6.45) is 0.750. The maximum Gasteiger partial charge on any atom is 0.196 e. The number of benzene rings is 2. The summed E-state index contributed by atoms with van der Waals surface area (Å²) in [6, 6.07) is 15.5. The minimum atomic E-state index is -0.159. The van der Waals surface area contributed by atoms with Crippen molar-refractivity contribution in [1.82, 2.24) is 0 Å². The minimum absolute atomic E-state index is 0.0198. The Hall–Kier alpha value is -2.42. The standard InChI is InChI=1S/C13H10O2.C2H4O/c14-12-9-5-4-8-11(12)13(15)10-6-2-1-3-7-10;1-2-3/h1-9,14H;2H,1H3. The van der Waals surface area contributed by atoms with Gasteiger partial charge in [0, 0.05) is 5.56 Å². The van der Waals surface area contributed by atoms with E-state index in [1.807, 2.05) is 6.07 Å². The molecule has 0 bridgehead atoms. The van der Waals surface area contributed by atoms with Crippen molar-refractivity contribution < 1.29 is 14.7 Å². The van der Waals surface area contributed by atoms with Gasteiger partial charge in [0.2, 0.25) is 0 Å². The van der Waals surface area contributed by atoms with Gasteiger partial charge in [-0.15, -0.1) is 0 Å². The molecular formula is C15H14O3. The van der Waals surface area contributed by atoms with Crippen molar-refractivity contribution in [3.63, 3.8) is 0 Å². The Bertz CT molecular complexity index is 518. The zero-order chi connectivity index (χ0) is 13.4. The number of phenols is 1. The van der Waals surface area contributed by atoms with Crippen LogP contribution < -0.4 is 0 Å². The molecule has 0 aromatic heterocycles. The summed E-state index contributed by atoms with van der Waals surface area (Å²) in [5, 5.41) is 9.52. The monoisotopic (exact) mass is 242 g/mol. The van der Waals surface area contributed by atoms with Crippen molar-refractivity contribution in [1.29, 1.82) is 0 Å². The van der Waals surface area contributed by atoms with Gasteiger partial charge in [0.1, 0.15) is 12.0 Å². The van der Waals surface area contributed by atoms with E-state index in [4.69, 9.17) is 4.79 Å². The van der Waals surface area contributed by atoms with Crippen molar-refractivity contribution >= 4 is 12.1 Å². The molecule has 3 nitrogen and oxygen atoms in total. The molecule has 2 rings (SSSR count). The number of ketones is 1. The molecular weight excluding hydrogens is 228 g/mol. The zero-order valence-electron chi connectivity index (χ0n) is 10.0. The number of hydrogen-bond acceptors (Lipinski definition) is 3. The smallest absolute Gasteiger partial charge is 0.196 e. The molecule has 18 heavy (non-hydrogen) atoms. The molecule has 0 saturated carbocycles. The predicted molar refractivity (Wildman–Crippen MR) is 69.7 cm³/mol. The summed E-state index contributed by atoms with van der Waals surface area (Å²) >= 11 is 0. The van der Waals surface area contributed by atoms with Crippen LogP contribution >= 0.6 is 0 Å². The summed E-state index contributed by atoms with van der Waals surface area (Å²) in [5.74, 6) is -0.139. The van der Waals surface area contributed by atoms with Crippen LogP contribution in [0.5, 0.6) is 5.75 Å². The lowest BCUT2D eigenvalue weighted by Gasteiger charge is -2.02. The second-order valence-corrected chi connectivity index (χ2v) is 3.45. The number of phenolic OH excluding ortho intramolecular Hbond substituents is 1. The summed E-state index contributed by atoms with van der Waals surface area (Å²) in [6.45, 7) is 1.44. The lowest BCUT2D eigenvalue weighted by Crippen LogP contribution is -2.00. The van der Waals surface area contributed by atoms with Crippen LogP contribution in [0.15, 0.2) is 54.6 Å². The molecule has 2 aromatic rings. The lowest BCUT2D eigenvalue weighted by atomic mass is 10.0. The third kappa shape index (κ3) is 3.56. The van der Waals surface area contributed by atoms with Crippen LogP contribution in [-0.2, 0) is 4.79 Å². The van der Waals surface area contributed by atoms with Gasteiger partial charge in [0.15, 0.2) is 5.78 Å². The largest absolute Gasteiger partial charge is 0.507 e. The lowest BCUT2D eigenvalue weighted by molar-refractivity contribution is -0.106. The van der Waals surface area contributed by atoms with Gasteiger partial charge in [-0.1, -0.05) is 42.5 Å². The Kier molecular flexibility index (Phi) is 5.32. The number of rotatable bonds is 2. The first-order valence-electron chi connectivity index (χ1n) is 5.48. The molecule has 3 heteroatoms. The van der Waals surface area contributed by atoms with Crippen molar-refractivity contribution in [3.05, 3.63) is 65.7 Å². The Morgan fingerprint density at radius 3 is 2.06 bits per heavy atom. The zero-order valence-corrected chi connectivity index (χ0v) is 10.0. The van der Waals surface area contributed by atoms with E-state index in [1.165, 1.54) is 13.0 Å². The number of carbonyl (C=O) groups is 2. The minimum Gasteiger partial charge on any atom is -0.507 e. The van der Waals surface area contributed by atoms with Gasteiger partial charge < -0.3 is 9.90 Å². The third-order valence-corrected chi connectivity index (χ3v) is 2.18. The molecule has 0 aliphatic heterocycles. The van der Waals surface area contributed by atoms with Gasteiger partial charge in [-0.2, -0.15) is 0 Å². The number of carbonyl (C=O) groups excluding carboxylic acids is 2. The molecule has 0 fully saturated rings. The summed E-state index contributed by atoms with van der Waals surface area (Å²) < 4.78 is 0. The van der Waals surface area contributed by atoms with Crippen LogP contribution in [-0.4, -0.2) is 17.2 Å². The quantitative estimate of drug-likeness (QED) is 0.650. The van der Waals surface area contributed by atoms with E-state index < -0.39 is 0 Å². The van der Waals surface area contributed by atoms with Gasteiger partial charge in [0.25, 0.3) is 0 Å². The maximum absolute atomic E-state index is 11.9. The van der Waals surface area contributed by atoms with Gasteiger partial charge in [-0.3, -0.25) is 4.79 Å². The van der Waals surface area contributed by atoms with E-state index >= 15 is 0 Å². The fourth-order valence-corrected chi connectivity index (χ4v) is 1.41. The Morgan fingerprint density at radius 1 is 1.00 bits per heavy atom. The molecule has 2 aromatic carbocycles. The van der Waals surface area contributed by atoms with Crippen molar-refractivity contribution in [2.75, 3.05) is 0 Å². The van der Waals surface area contributed by atoms with Crippen LogP contribution in [0, 0.1) is 0 Å². The summed E-state index contributed by atoms with van der Waals surface area (Å²) in [4.78, 5) is 20.7. The molecule has 0 unspecified atom stereocenters. The highest BCUT2D eigenvalue weighted by atomic mass is 16.3. The second kappa shape index (κ2) is 7.01. The Labute approximate surface area is 106 Å². The van der Waals surface area contributed by atoms with Crippen LogP contribution in [0.1, 0.15) is 22.8 Å². The first kappa shape index (κ1) is 13.6. The van der Waals surface area contributed by atoms with Crippen LogP contribution in [0.2, 0.25) is 0 Å². The average molecular weight is 242 g/mol. The Balaban J connectivity index is 0.000000492. The summed E-state index contributed by atoms with van der Waals surface area (Å²) in [7, 11) is 0. The number of hydrogen-bond donors (Lipinski definition) is 1. The van der Waals surface area contributed by atoms with Gasteiger partial charge in [-0.05, 0) is 19.1 Å². The van der Waals surface area contributed by atoms with E-state index in [-0.39, 0.29) is 11.5 Å². The van der Waals surface area contributed by atoms with Gasteiger partial charge >= 0.3 is 0 Å². The SMILES string of the molecule is CC=O.O=C(c1ccccc1)c1ccccc1O.